The van der Waals surface area contributed by atoms with E-state index in [0.29, 0.717) is 23.3 Å². The SMILES string of the molecule is Cn1c(=O)cc(NCc2cccnc2)c2c(=O)n(C3CC3)c(=O)n(-c3ccccc3)c21. The average Bonchev–Trinajstić information content (AvgIpc) is 3.62. The number of anilines is 1. The van der Waals surface area contributed by atoms with Gasteiger partial charge in [-0.25, -0.2) is 9.36 Å². The number of hydrogen-bond donors (Lipinski definition) is 1. The molecule has 0 aliphatic heterocycles. The molecule has 0 bridgehead atoms. The predicted octanol–water partition coefficient (Wildman–Crippen LogP) is 2.19. The molecule has 5 rings (SSSR count). The van der Waals surface area contributed by atoms with Crippen molar-refractivity contribution in [1.29, 1.82) is 0 Å². The molecule has 0 unspecified atom stereocenters. The van der Waals surface area contributed by atoms with Crippen LogP contribution in [0.1, 0.15) is 24.4 Å². The molecule has 1 aliphatic rings. The highest BCUT2D eigenvalue weighted by Gasteiger charge is 2.30. The van der Waals surface area contributed by atoms with Crippen LogP contribution >= 0.6 is 0 Å². The number of para-hydroxylation sites is 1. The molecule has 1 fully saturated rings. The Bertz CT molecular complexity index is 1450. The molecule has 0 spiro atoms. The number of rotatable bonds is 5. The van der Waals surface area contributed by atoms with Gasteiger partial charge in [0.2, 0.25) is 0 Å². The first-order valence-electron chi connectivity index (χ1n) is 10.2. The fraction of sp³-hybridized carbons (Fsp3) is 0.217. The van der Waals surface area contributed by atoms with Crippen LogP contribution in [0.4, 0.5) is 5.69 Å². The van der Waals surface area contributed by atoms with E-state index in [2.05, 4.69) is 10.3 Å². The fourth-order valence-corrected chi connectivity index (χ4v) is 3.87. The van der Waals surface area contributed by atoms with Crippen LogP contribution in [-0.2, 0) is 13.6 Å². The third-order valence-corrected chi connectivity index (χ3v) is 5.58. The summed E-state index contributed by atoms with van der Waals surface area (Å²) in [7, 11) is 1.58. The van der Waals surface area contributed by atoms with E-state index >= 15 is 0 Å². The smallest absolute Gasteiger partial charge is 0.337 e. The largest absolute Gasteiger partial charge is 0.380 e. The van der Waals surface area contributed by atoms with Gasteiger partial charge in [-0.1, -0.05) is 24.3 Å². The molecule has 0 atom stereocenters. The Labute approximate surface area is 177 Å². The first-order chi connectivity index (χ1) is 15.1. The second-order valence-corrected chi connectivity index (χ2v) is 7.73. The van der Waals surface area contributed by atoms with Crippen LogP contribution in [0.15, 0.2) is 75.3 Å². The minimum Gasteiger partial charge on any atom is -0.380 e. The van der Waals surface area contributed by atoms with Crippen molar-refractivity contribution in [3.05, 3.63) is 97.7 Å². The average molecular weight is 415 g/mol. The van der Waals surface area contributed by atoms with Gasteiger partial charge in [-0.3, -0.25) is 23.7 Å². The number of nitrogens with zero attached hydrogens (tertiary/aromatic N) is 4. The van der Waals surface area contributed by atoms with Crippen LogP contribution in [0, 0.1) is 0 Å². The van der Waals surface area contributed by atoms with Crippen molar-refractivity contribution in [2.24, 2.45) is 7.05 Å². The highest BCUT2D eigenvalue weighted by Crippen LogP contribution is 2.33. The molecule has 3 aromatic heterocycles. The van der Waals surface area contributed by atoms with Crippen molar-refractivity contribution in [3.63, 3.8) is 0 Å². The highest BCUT2D eigenvalue weighted by atomic mass is 16.2. The summed E-state index contributed by atoms with van der Waals surface area (Å²) >= 11 is 0. The van der Waals surface area contributed by atoms with Crippen LogP contribution in [0.2, 0.25) is 0 Å². The normalized spacial score (nSPS) is 13.5. The van der Waals surface area contributed by atoms with E-state index in [1.165, 1.54) is 19.8 Å². The minimum atomic E-state index is -0.425. The minimum absolute atomic E-state index is 0.109. The van der Waals surface area contributed by atoms with E-state index < -0.39 is 5.69 Å². The Hall–Kier alpha value is -3.94. The Morgan fingerprint density at radius 1 is 1.06 bits per heavy atom. The second-order valence-electron chi connectivity index (χ2n) is 7.73. The molecule has 1 N–H and O–H groups in total. The van der Waals surface area contributed by atoms with Crippen molar-refractivity contribution in [1.82, 2.24) is 18.7 Å². The van der Waals surface area contributed by atoms with Crippen molar-refractivity contribution in [3.8, 4) is 5.69 Å². The second kappa shape index (κ2) is 7.39. The van der Waals surface area contributed by atoms with E-state index in [-0.39, 0.29) is 22.8 Å². The molecule has 1 saturated carbocycles. The van der Waals surface area contributed by atoms with Gasteiger partial charge in [-0.05, 0) is 36.6 Å². The molecule has 1 aromatic carbocycles. The lowest BCUT2D eigenvalue weighted by atomic mass is 10.2. The Balaban J connectivity index is 1.83. The van der Waals surface area contributed by atoms with Gasteiger partial charge in [0.15, 0.2) is 0 Å². The lowest BCUT2D eigenvalue weighted by molar-refractivity contribution is 0.637. The maximum absolute atomic E-state index is 13.5. The zero-order valence-corrected chi connectivity index (χ0v) is 17.0. The maximum Gasteiger partial charge on any atom is 0.337 e. The zero-order chi connectivity index (χ0) is 21.5. The Morgan fingerprint density at radius 2 is 1.84 bits per heavy atom. The van der Waals surface area contributed by atoms with E-state index in [0.717, 1.165) is 18.4 Å². The summed E-state index contributed by atoms with van der Waals surface area (Å²) in [6, 6.07) is 14.1. The van der Waals surface area contributed by atoms with E-state index in [9.17, 15) is 14.4 Å². The number of fused-ring (bicyclic) bond motifs is 1. The van der Waals surface area contributed by atoms with Gasteiger partial charge in [0.05, 0.1) is 11.4 Å². The van der Waals surface area contributed by atoms with Gasteiger partial charge >= 0.3 is 5.69 Å². The fourth-order valence-electron chi connectivity index (χ4n) is 3.87. The summed E-state index contributed by atoms with van der Waals surface area (Å²) in [4.78, 5) is 43.8. The molecular formula is C23H21N5O3. The molecule has 3 heterocycles. The van der Waals surface area contributed by atoms with Gasteiger partial charge in [0, 0.05) is 38.1 Å². The van der Waals surface area contributed by atoms with Crippen molar-refractivity contribution in [2.75, 3.05) is 5.32 Å². The highest BCUT2D eigenvalue weighted by molar-refractivity contribution is 5.89. The predicted molar refractivity (Wildman–Crippen MR) is 119 cm³/mol. The number of aromatic nitrogens is 4. The molecule has 156 valence electrons. The summed E-state index contributed by atoms with van der Waals surface area (Å²) < 4.78 is 4.15. The van der Waals surface area contributed by atoms with E-state index in [1.807, 2.05) is 30.3 Å². The summed E-state index contributed by atoms with van der Waals surface area (Å²) in [6.07, 6.45) is 4.99. The molecule has 4 aromatic rings. The van der Waals surface area contributed by atoms with Crippen molar-refractivity contribution < 1.29 is 0 Å². The van der Waals surface area contributed by atoms with Crippen LogP contribution < -0.4 is 22.1 Å². The third-order valence-electron chi connectivity index (χ3n) is 5.58. The molecule has 8 nitrogen and oxygen atoms in total. The third kappa shape index (κ3) is 3.26. The van der Waals surface area contributed by atoms with Gasteiger partial charge in [0.25, 0.3) is 11.1 Å². The van der Waals surface area contributed by atoms with Gasteiger partial charge < -0.3 is 5.32 Å². The zero-order valence-electron chi connectivity index (χ0n) is 17.0. The summed E-state index contributed by atoms with van der Waals surface area (Å²) in [5.74, 6) is 0. The van der Waals surface area contributed by atoms with Gasteiger partial charge in [-0.15, -0.1) is 0 Å². The first-order valence-corrected chi connectivity index (χ1v) is 10.2. The maximum atomic E-state index is 13.5. The monoisotopic (exact) mass is 415 g/mol. The molecule has 31 heavy (non-hydrogen) atoms. The summed E-state index contributed by atoms with van der Waals surface area (Å²) in [5.41, 5.74) is 1.09. The van der Waals surface area contributed by atoms with E-state index in [4.69, 9.17) is 0 Å². The lowest BCUT2D eigenvalue weighted by Gasteiger charge is -2.18. The molecule has 0 radical (unpaired) electrons. The van der Waals surface area contributed by atoms with Crippen molar-refractivity contribution >= 4 is 16.7 Å². The lowest BCUT2D eigenvalue weighted by Crippen LogP contribution is -2.41. The number of nitrogens with one attached hydrogen (secondary N) is 1. The van der Waals surface area contributed by atoms with Gasteiger partial charge in [0.1, 0.15) is 11.0 Å². The quantitative estimate of drug-likeness (QED) is 0.540. The first kappa shape index (κ1) is 19.0. The summed E-state index contributed by atoms with van der Waals surface area (Å²) in [6.45, 7) is 0.392. The number of aryl methyl sites for hydroxylation is 1. The number of hydrogen-bond acceptors (Lipinski definition) is 5. The Morgan fingerprint density at radius 3 is 2.52 bits per heavy atom. The molecule has 0 amide bonds. The van der Waals surface area contributed by atoms with Gasteiger partial charge in [-0.2, -0.15) is 0 Å². The van der Waals surface area contributed by atoms with Crippen LogP contribution in [0.25, 0.3) is 16.7 Å². The van der Waals surface area contributed by atoms with E-state index in [1.54, 1.807) is 31.6 Å². The molecule has 1 aliphatic carbocycles. The Kier molecular flexibility index (Phi) is 4.54. The van der Waals surface area contributed by atoms with Crippen LogP contribution in [-0.4, -0.2) is 18.7 Å². The summed E-state index contributed by atoms with van der Waals surface area (Å²) in [5, 5.41) is 3.54. The van der Waals surface area contributed by atoms with Crippen LogP contribution in [0.5, 0.6) is 0 Å². The topological polar surface area (TPSA) is 90.9 Å². The standard InChI is InChI=1S/C23H21N5O3/c1-26-19(29)12-18(25-14-15-6-5-11-24-13-15)20-21(26)27(16-7-3-2-4-8-16)23(31)28(22(20)30)17-9-10-17/h2-8,11-13,17,25H,9-10,14H2,1H3. The number of benzene rings is 1. The molecule has 8 heteroatoms. The van der Waals surface area contributed by atoms with Crippen LogP contribution in [0.3, 0.4) is 0 Å². The molecule has 0 saturated heterocycles. The van der Waals surface area contributed by atoms with Crippen molar-refractivity contribution in [2.45, 2.75) is 25.4 Å². The number of pyridine rings is 2. The molecular weight excluding hydrogens is 394 g/mol.